The first-order valence-corrected chi connectivity index (χ1v) is 6.62. The Kier molecular flexibility index (Phi) is 2.97. The van der Waals surface area contributed by atoms with Gasteiger partial charge in [-0.1, -0.05) is 18.2 Å². The van der Waals surface area contributed by atoms with Gasteiger partial charge in [0.25, 0.3) is 0 Å². The fraction of sp³-hybridized carbons (Fsp3) is 0.250. The van der Waals surface area contributed by atoms with Crippen molar-refractivity contribution in [1.29, 1.82) is 0 Å². The fourth-order valence-electron chi connectivity index (χ4n) is 2.26. The van der Waals surface area contributed by atoms with Crippen molar-refractivity contribution in [3.05, 3.63) is 39.4 Å². The lowest BCUT2D eigenvalue weighted by molar-refractivity contribution is 0.745. The number of H-pyrrole nitrogens is 2. The predicted molar refractivity (Wildman–Crippen MR) is 76.4 cm³/mol. The van der Waals surface area contributed by atoms with Crippen LogP contribution >= 0.6 is 24.4 Å². The summed E-state index contributed by atoms with van der Waals surface area (Å²) in [5.41, 5.74) is 2.52. The second-order valence-electron chi connectivity index (χ2n) is 4.20. The first kappa shape index (κ1) is 11.6. The van der Waals surface area contributed by atoms with Gasteiger partial charge in [0.15, 0.2) is 4.77 Å². The molecule has 0 aliphatic carbocycles. The van der Waals surface area contributed by atoms with Crippen LogP contribution in [0, 0.1) is 9.54 Å². The highest BCUT2D eigenvalue weighted by atomic mass is 32.1. The van der Waals surface area contributed by atoms with E-state index in [9.17, 15) is 0 Å². The molecule has 1 aliphatic heterocycles. The van der Waals surface area contributed by atoms with Gasteiger partial charge in [0, 0.05) is 12.2 Å². The van der Waals surface area contributed by atoms with Crippen molar-refractivity contribution in [2.75, 3.05) is 11.4 Å². The molecule has 18 heavy (non-hydrogen) atoms. The number of aryl methyl sites for hydroxylation is 1. The highest BCUT2D eigenvalue weighted by Gasteiger charge is 2.19. The Hall–Kier alpha value is -1.53. The van der Waals surface area contributed by atoms with E-state index in [2.05, 4.69) is 38.1 Å². The number of hydrogen-bond acceptors (Lipinski definition) is 4. The maximum atomic E-state index is 5.11. The van der Waals surface area contributed by atoms with Crippen LogP contribution in [0.1, 0.15) is 12.0 Å². The van der Waals surface area contributed by atoms with Crippen LogP contribution < -0.4 is 4.90 Å². The van der Waals surface area contributed by atoms with E-state index in [0.29, 0.717) is 9.54 Å². The first-order chi connectivity index (χ1) is 8.74. The number of hydrogen-bond donors (Lipinski definition) is 2. The van der Waals surface area contributed by atoms with Crippen LogP contribution in [0.2, 0.25) is 0 Å². The zero-order valence-electron chi connectivity index (χ0n) is 9.64. The molecular weight excluding hydrogens is 264 g/mol. The normalized spacial score (nSPS) is 14.3. The average Bonchev–Trinajstić information content (AvgIpc) is 2.37. The number of rotatable bonds is 1. The molecule has 2 heterocycles. The summed E-state index contributed by atoms with van der Waals surface area (Å²) in [6, 6.07) is 8.36. The zero-order valence-corrected chi connectivity index (χ0v) is 11.3. The van der Waals surface area contributed by atoms with Crippen molar-refractivity contribution in [1.82, 2.24) is 15.0 Å². The molecule has 0 atom stereocenters. The number of aromatic nitrogens is 3. The number of aromatic amines is 2. The van der Waals surface area contributed by atoms with Gasteiger partial charge >= 0.3 is 0 Å². The van der Waals surface area contributed by atoms with E-state index in [4.69, 9.17) is 24.4 Å². The Bertz CT molecular complexity index is 660. The number of nitrogens with one attached hydrogen (secondary N) is 2. The molecule has 92 valence electrons. The Morgan fingerprint density at radius 3 is 2.83 bits per heavy atom. The predicted octanol–water partition coefficient (Wildman–Crippen LogP) is 3.28. The second-order valence-corrected chi connectivity index (χ2v) is 5.00. The van der Waals surface area contributed by atoms with E-state index < -0.39 is 0 Å². The molecule has 0 radical (unpaired) electrons. The summed E-state index contributed by atoms with van der Waals surface area (Å²) in [5, 5.41) is 0. The summed E-state index contributed by atoms with van der Waals surface area (Å²) in [7, 11) is 0. The van der Waals surface area contributed by atoms with Gasteiger partial charge in [-0.2, -0.15) is 4.98 Å². The van der Waals surface area contributed by atoms with Crippen LogP contribution in [-0.2, 0) is 6.42 Å². The SMILES string of the molecule is S=c1nc(N2CCCc3ccccc32)[nH]c(=S)[nH]1. The minimum absolute atomic E-state index is 0.414. The van der Waals surface area contributed by atoms with E-state index in [-0.39, 0.29) is 0 Å². The van der Waals surface area contributed by atoms with Gasteiger partial charge in [-0.25, -0.2) is 0 Å². The molecular formula is C12H12N4S2. The molecule has 2 aromatic rings. The third-order valence-electron chi connectivity index (χ3n) is 3.02. The minimum Gasteiger partial charge on any atom is -0.312 e. The first-order valence-electron chi connectivity index (χ1n) is 5.80. The zero-order chi connectivity index (χ0) is 12.5. The van der Waals surface area contributed by atoms with E-state index in [1.165, 1.54) is 11.3 Å². The Morgan fingerprint density at radius 2 is 2.00 bits per heavy atom. The fourth-order valence-corrected chi connectivity index (χ4v) is 2.70. The van der Waals surface area contributed by atoms with Gasteiger partial charge in [-0.3, -0.25) is 0 Å². The number of anilines is 2. The van der Waals surface area contributed by atoms with Crippen molar-refractivity contribution in [3.8, 4) is 0 Å². The molecule has 4 nitrogen and oxygen atoms in total. The van der Waals surface area contributed by atoms with Crippen LogP contribution in [0.15, 0.2) is 24.3 Å². The number of para-hydroxylation sites is 1. The molecule has 1 aliphatic rings. The molecule has 0 saturated carbocycles. The Balaban J connectivity index is 2.13. The van der Waals surface area contributed by atoms with Crippen LogP contribution in [0.5, 0.6) is 0 Å². The minimum atomic E-state index is 0.414. The van der Waals surface area contributed by atoms with Crippen molar-refractivity contribution < 1.29 is 0 Å². The molecule has 2 N–H and O–H groups in total. The van der Waals surface area contributed by atoms with Gasteiger partial charge in [-0.15, -0.1) is 0 Å². The lowest BCUT2D eigenvalue weighted by Gasteiger charge is -2.29. The number of benzene rings is 1. The van der Waals surface area contributed by atoms with E-state index in [1.807, 2.05) is 6.07 Å². The quantitative estimate of drug-likeness (QED) is 0.785. The molecule has 0 unspecified atom stereocenters. The standard InChI is InChI=1S/C12H12N4S2/c17-11-13-10(14-12(18)15-11)16-7-3-5-8-4-1-2-6-9(8)16/h1-2,4,6H,3,5,7H2,(H2,13,14,15,17,18). The molecule has 1 aromatic heterocycles. The molecule has 6 heteroatoms. The molecule has 0 amide bonds. The van der Waals surface area contributed by atoms with Crippen molar-refractivity contribution in [3.63, 3.8) is 0 Å². The lowest BCUT2D eigenvalue weighted by Crippen LogP contribution is -2.26. The van der Waals surface area contributed by atoms with Crippen molar-refractivity contribution >= 4 is 36.1 Å². The highest BCUT2D eigenvalue weighted by Crippen LogP contribution is 2.30. The van der Waals surface area contributed by atoms with E-state index >= 15 is 0 Å². The molecule has 3 rings (SSSR count). The van der Waals surface area contributed by atoms with Crippen LogP contribution in [-0.4, -0.2) is 21.5 Å². The van der Waals surface area contributed by atoms with Gasteiger partial charge in [0.05, 0.1) is 0 Å². The number of nitrogens with zero attached hydrogens (tertiary/aromatic N) is 2. The molecule has 0 saturated heterocycles. The maximum absolute atomic E-state index is 5.11. The van der Waals surface area contributed by atoms with Gasteiger partial charge in [0.2, 0.25) is 10.7 Å². The number of fused-ring (bicyclic) bond motifs is 1. The largest absolute Gasteiger partial charge is 0.312 e. The second kappa shape index (κ2) is 4.62. The summed E-state index contributed by atoms with van der Waals surface area (Å²) in [5.74, 6) is 0.718. The van der Waals surface area contributed by atoms with Gasteiger partial charge in [0.1, 0.15) is 0 Å². The summed E-state index contributed by atoms with van der Waals surface area (Å²) < 4.78 is 0.921. The Morgan fingerprint density at radius 1 is 1.17 bits per heavy atom. The molecule has 0 spiro atoms. The summed E-state index contributed by atoms with van der Waals surface area (Å²) >= 11 is 10.2. The molecule has 0 fully saturated rings. The monoisotopic (exact) mass is 276 g/mol. The summed E-state index contributed by atoms with van der Waals surface area (Å²) in [6.45, 7) is 0.925. The lowest BCUT2D eigenvalue weighted by atomic mass is 10.0. The molecule has 0 bridgehead atoms. The summed E-state index contributed by atoms with van der Waals surface area (Å²) in [6.07, 6.45) is 2.21. The van der Waals surface area contributed by atoms with Crippen LogP contribution in [0.3, 0.4) is 0 Å². The van der Waals surface area contributed by atoms with E-state index in [1.54, 1.807) is 0 Å². The van der Waals surface area contributed by atoms with Crippen LogP contribution in [0.4, 0.5) is 11.6 Å². The van der Waals surface area contributed by atoms with Gasteiger partial charge in [-0.05, 0) is 48.9 Å². The molecule has 1 aromatic carbocycles. The smallest absolute Gasteiger partial charge is 0.212 e. The summed E-state index contributed by atoms with van der Waals surface area (Å²) in [4.78, 5) is 12.3. The third-order valence-corrected chi connectivity index (χ3v) is 3.42. The third kappa shape index (κ3) is 2.09. The van der Waals surface area contributed by atoms with E-state index in [0.717, 1.165) is 25.3 Å². The highest BCUT2D eigenvalue weighted by molar-refractivity contribution is 7.71. The van der Waals surface area contributed by atoms with Crippen molar-refractivity contribution in [2.45, 2.75) is 12.8 Å². The maximum Gasteiger partial charge on any atom is 0.212 e. The average molecular weight is 276 g/mol. The Labute approximate surface area is 115 Å². The van der Waals surface area contributed by atoms with Gasteiger partial charge < -0.3 is 14.9 Å². The van der Waals surface area contributed by atoms with Crippen molar-refractivity contribution in [2.24, 2.45) is 0 Å². The topological polar surface area (TPSA) is 47.7 Å². The van der Waals surface area contributed by atoms with Crippen LogP contribution in [0.25, 0.3) is 0 Å².